The average Bonchev–Trinajstić information content (AvgIpc) is 2.45. The standard InChI is InChI=1S/C19H32O2/c1-6-9-16(7-2)17-10-12-18(13-11-17)21-19(20-8-3)14-15(4)5/h10-13,15-16,19H,6-9,14H2,1-5H3. The molecule has 0 fully saturated rings. The molecule has 0 saturated carbocycles. The molecule has 0 amide bonds. The first kappa shape index (κ1) is 18.0. The van der Waals surface area contributed by atoms with Crippen LogP contribution < -0.4 is 4.74 Å². The summed E-state index contributed by atoms with van der Waals surface area (Å²) < 4.78 is 11.6. The van der Waals surface area contributed by atoms with Crippen LogP contribution in [-0.2, 0) is 4.74 Å². The Hall–Kier alpha value is -1.02. The van der Waals surface area contributed by atoms with Crippen molar-refractivity contribution in [3.63, 3.8) is 0 Å². The van der Waals surface area contributed by atoms with Crippen molar-refractivity contribution in [2.45, 2.75) is 72.5 Å². The molecular formula is C19H32O2. The Balaban J connectivity index is 2.67. The Labute approximate surface area is 130 Å². The van der Waals surface area contributed by atoms with Gasteiger partial charge in [-0.15, -0.1) is 0 Å². The Kier molecular flexibility index (Phi) is 8.44. The summed E-state index contributed by atoms with van der Waals surface area (Å²) in [6, 6.07) is 8.58. The summed E-state index contributed by atoms with van der Waals surface area (Å²) in [6.07, 6.45) is 4.47. The quantitative estimate of drug-likeness (QED) is 0.510. The zero-order valence-electron chi connectivity index (χ0n) is 14.4. The lowest BCUT2D eigenvalue weighted by Gasteiger charge is -2.21. The van der Waals surface area contributed by atoms with Crippen molar-refractivity contribution in [1.29, 1.82) is 0 Å². The van der Waals surface area contributed by atoms with E-state index in [1.54, 1.807) is 0 Å². The van der Waals surface area contributed by atoms with Crippen LogP contribution in [0.1, 0.15) is 71.8 Å². The van der Waals surface area contributed by atoms with Gasteiger partial charge in [-0.3, -0.25) is 0 Å². The van der Waals surface area contributed by atoms with Gasteiger partial charge in [0, 0.05) is 13.0 Å². The first-order chi connectivity index (χ1) is 10.1. The largest absolute Gasteiger partial charge is 0.465 e. The van der Waals surface area contributed by atoms with Gasteiger partial charge in [-0.05, 0) is 49.3 Å². The van der Waals surface area contributed by atoms with Crippen LogP contribution in [0, 0.1) is 5.92 Å². The molecule has 0 saturated heterocycles. The molecule has 1 rings (SSSR count). The zero-order chi connectivity index (χ0) is 15.7. The van der Waals surface area contributed by atoms with Crippen molar-refractivity contribution < 1.29 is 9.47 Å². The monoisotopic (exact) mass is 292 g/mol. The number of ether oxygens (including phenoxy) is 2. The molecule has 0 spiro atoms. The maximum atomic E-state index is 5.97. The Bertz CT molecular complexity index is 370. The van der Waals surface area contributed by atoms with E-state index in [1.807, 2.05) is 6.92 Å². The smallest absolute Gasteiger partial charge is 0.200 e. The van der Waals surface area contributed by atoms with E-state index in [-0.39, 0.29) is 6.29 Å². The van der Waals surface area contributed by atoms with Crippen LogP contribution in [0.15, 0.2) is 24.3 Å². The fourth-order valence-corrected chi connectivity index (χ4v) is 2.65. The second-order valence-corrected chi connectivity index (χ2v) is 6.10. The van der Waals surface area contributed by atoms with Crippen LogP contribution in [0.4, 0.5) is 0 Å². The van der Waals surface area contributed by atoms with E-state index in [1.165, 1.54) is 24.8 Å². The average molecular weight is 292 g/mol. The molecule has 1 aromatic carbocycles. The van der Waals surface area contributed by atoms with Crippen LogP contribution in [0.2, 0.25) is 0 Å². The van der Waals surface area contributed by atoms with Crippen molar-refractivity contribution in [3.05, 3.63) is 29.8 Å². The SMILES string of the molecule is CCCC(CC)c1ccc(OC(CC(C)C)OCC)cc1. The van der Waals surface area contributed by atoms with Gasteiger partial charge in [0.1, 0.15) is 5.75 Å². The molecule has 1 aromatic rings. The molecule has 120 valence electrons. The van der Waals surface area contributed by atoms with Gasteiger partial charge >= 0.3 is 0 Å². The number of rotatable bonds is 10. The minimum atomic E-state index is -0.140. The van der Waals surface area contributed by atoms with Crippen LogP contribution in [0.3, 0.4) is 0 Å². The summed E-state index contributed by atoms with van der Waals surface area (Å²) in [7, 11) is 0. The predicted octanol–water partition coefficient (Wildman–Crippen LogP) is 5.77. The van der Waals surface area contributed by atoms with Gasteiger partial charge in [0.25, 0.3) is 0 Å². The second kappa shape index (κ2) is 9.83. The first-order valence-corrected chi connectivity index (χ1v) is 8.48. The fourth-order valence-electron chi connectivity index (χ4n) is 2.65. The lowest BCUT2D eigenvalue weighted by molar-refractivity contribution is -0.0859. The molecule has 0 aliphatic rings. The minimum Gasteiger partial charge on any atom is -0.465 e. The summed E-state index contributed by atoms with van der Waals surface area (Å²) in [5, 5.41) is 0. The van der Waals surface area contributed by atoms with Crippen molar-refractivity contribution in [3.8, 4) is 5.75 Å². The third-order valence-corrected chi connectivity index (χ3v) is 3.77. The molecule has 0 bridgehead atoms. The second-order valence-electron chi connectivity index (χ2n) is 6.10. The number of hydrogen-bond donors (Lipinski definition) is 0. The summed E-state index contributed by atoms with van der Waals surface area (Å²) >= 11 is 0. The molecule has 0 aliphatic carbocycles. The van der Waals surface area contributed by atoms with Crippen LogP contribution >= 0.6 is 0 Å². The van der Waals surface area contributed by atoms with E-state index in [9.17, 15) is 0 Å². The van der Waals surface area contributed by atoms with E-state index < -0.39 is 0 Å². The van der Waals surface area contributed by atoms with Crippen molar-refractivity contribution in [2.24, 2.45) is 5.92 Å². The van der Waals surface area contributed by atoms with E-state index in [2.05, 4.69) is 52.0 Å². The summed E-state index contributed by atoms with van der Waals surface area (Å²) in [4.78, 5) is 0. The molecule has 2 unspecified atom stereocenters. The third-order valence-electron chi connectivity index (χ3n) is 3.77. The zero-order valence-corrected chi connectivity index (χ0v) is 14.4. The Morgan fingerprint density at radius 2 is 1.67 bits per heavy atom. The molecule has 0 N–H and O–H groups in total. The summed E-state index contributed by atoms with van der Waals surface area (Å²) in [5.74, 6) is 2.14. The molecule has 2 heteroatoms. The van der Waals surface area contributed by atoms with Gasteiger partial charge in [0.05, 0.1) is 0 Å². The van der Waals surface area contributed by atoms with Crippen LogP contribution in [0.25, 0.3) is 0 Å². The maximum absolute atomic E-state index is 5.97. The summed E-state index contributed by atoms with van der Waals surface area (Å²) in [6.45, 7) is 11.6. The Morgan fingerprint density at radius 1 is 1.00 bits per heavy atom. The highest BCUT2D eigenvalue weighted by atomic mass is 16.7. The molecule has 0 aromatic heterocycles. The molecule has 0 aliphatic heterocycles. The molecular weight excluding hydrogens is 260 g/mol. The van der Waals surface area contributed by atoms with Gasteiger partial charge in [-0.25, -0.2) is 0 Å². The predicted molar refractivity (Wildman–Crippen MR) is 89.9 cm³/mol. The minimum absolute atomic E-state index is 0.140. The fraction of sp³-hybridized carbons (Fsp3) is 0.684. The van der Waals surface area contributed by atoms with E-state index in [4.69, 9.17) is 9.47 Å². The lowest BCUT2D eigenvalue weighted by Crippen LogP contribution is -2.22. The molecule has 0 radical (unpaired) electrons. The lowest BCUT2D eigenvalue weighted by atomic mass is 9.92. The first-order valence-electron chi connectivity index (χ1n) is 8.48. The van der Waals surface area contributed by atoms with Crippen LogP contribution in [0.5, 0.6) is 5.75 Å². The summed E-state index contributed by atoms with van der Waals surface area (Å²) in [5.41, 5.74) is 1.42. The highest BCUT2D eigenvalue weighted by Gasteiger charge is 2.13. The van der Waals surface area contributed by atoms with Crippen molar-refractivity contribution in [2.75, 3.05) is 6.61 Å². The van der Waals surface area contributed by atoms with Crippen molar-refractivity contribution >= 4 is 0 Å². The Morgan fingerprint density at radius 3 is 2.14 bits per heavy atom. The third kappa shape index (κ3) is 6.52. The van der Waals surface area contributed by atoms with Gasteiger partial charge in [-0.1, -0.05) is 46.2 Å². The van der Waals surface area contributed by atoms with Gasteiger partial charge in [0.2, 0.25) is 0 Å². The topological polar surface area (TPSA) is 18.5 Å². The maximum Gasteiger partial charge on any atom is 0.200 e. The number of benzene rings is 1. The van der Waals surface area contributed by atoms with E-state index in [0.29, 0.717) is 18.4 Å². The molecule has 2 atom stereocenters. The van der Waals surface area contributed by atoms with Gasteiger partial charge in [0.15, 0.2) is 6.29 Å². The highest BCUT2D eigenvalue weighted by Crippen LogP contribution is 2.27. The molecule has 21 heavy (non-hydrogen) atoms. The van der Waals surface area contributed by atoms with E-state index in [0.717, 1.165) is 12.2 Å². The van der Waals surface area contributed by atoms with Gasteiger partial charge in [-0.2, -0.15) is 0 Å². The van der Waals surface area contributed by atoms with Crippen molar-refractivity contribution in [1.82, 2.24) is 0 Å². The van der Waals surface area contributed by atoms with Gasteiger partial charge < -0.3 is 9.47 Å². The normalized spacial score (nSPS) is 14.2. The van der Waals surface area contributed by atoms with Crippen LogP contribution in [-0.4, -0.2) is 12.9 Å². The number of hydrogen-bond acceptors (Lipinski definition) is 2. The van der Waals surface area contributed by atoms with E-state index >= 15 is 0 Å². The molecule has 2 nitrogen and oxygen atoms in total. The highest BCUT2D eigenvalue weighted by molar-refractivity contribution is 5.29. The molecule has 0 heterocycles.